The largest absolute Gasteiger partial charge is 0.418 e. The number of amides is 1. The van der Waals surface area contributed by atoms with Crippen LogP contribution in [0.15, 0.2) is 23.3 Å². The third-order valence-electron chi connectivity index (χ3n) is 4.26. The highest BCUT2D eigenvalue weighted by Crippen LogP contribution is 2.40. The second kappa shape index (κ2) is 5.47. The highest BCUT2D eigenvalue weighted by molar-refractivity contribution is 6.06. The minimum Gasteiger partial charge on any atom is -0.386 e. The third kappa shape index (κ3) is 3.10. The van der Waals surface area contributed by atoms with Crippen LogP contribution in [0, 0.1) is 5.92 Å². The van der Waals surface area contributed by atoms with Crippen LogP contribution in [0.5, 0.6) is 0 Å². The fourth-order valence-corrected chi connectivity index (χ4v) is 3.15. The van der Waals surface area contributed by atoms with E-state index in [1.165, 1.54) is 11.0 Å². The maximum atomic E-state index is 13.5. The number of alkyl halides is 3. The lowest BCUT2D eigenvalue weighted by molar-refractivity contribution is -0.137. The summed E-state index contributed by atoms with van der Waals surface area (Å²) in [7, 11) is 0. The first-order chi connectivity index (χ1) is 11.1. The quantitative estimate of drug-likeness (QED) is 0.866. The van der Waals surface area contributed by atoms with Gasteiger partial charge < -0.3 is 10.0 Å². The van der Waals surface area contributed by atoms with Crippen molar-refractivity contribution in [2.24, 2.45) is 11.0 Å². The zero-order chi connectivity index (χ0) is 17.7. The Kier molecular flexibility index (Phi) is 3.82. The van der Waals surface area contributed by atoms with Crippen molar-refractivity contribution in [2.45, 2.75) is 32.0 Å². The Morgan fingerprint density at radius 3 is 2.58 bits per heavy atom. The topological polar surface area (TPSA) is 64.9 Å². The molecular weight excluding hydrogens is 323 g/mol. The van der Waals surface area contributed by atoms with Gasteiger partial charge in [0.2, 0.25) is 5.91 Å². The van der Waals surface area contributed by atoms with Crippen molar-refractivity contribution in [3.8, 4) is 0 Å². The number of benzene rings is 1. The Morgan fingerprint density at radius 1 is 1.38 bits per heavy atom. The van der Waals surface area contributed by atoms with Gasteiger partial charge in [-0.1, -0.05) is 13.0 Å². The van der Waals surface area contributed by atoms with Crippen LogP contribution >= 0.6 is 0 Å². The summed E-state index contributed by atoms with van der Waals surface area (Å²) >= 11 is 0. The number of hydrogen-bond donors (Lipinski definition) is 2. The van der Waals surface area contributed by atoms with Crippen LogP contribution < -0.4 is 10.3 Å². The van der Waals surface area contributed by atoms with E-state index in [1.807, 2.05) is 0 Å². The predicted molar refractivity (Wildman–Crippen MR) is 82.7 cm³/mol. The molecule has 0 unspecified atom stereocenters. The van der Waals surface area contributed by atoms with Gasteiger partial charge in [0.25, 0.3) is 0 Å². The number of hydrazone groups is 1. The number of halogens is 3. The molecule has 0 bridgehead atoms. The van der Waals surface area contributed by atoms with Gasteiger partial charge in [-0.05, 0) is 24.6 Å². The average molecular weight is 341 g/mol. The number of anilines is 1. The van der Waals surface area contributed by atoms with E-state index in [2.05, 4.69) is 10.5 Å². The molecule has 5 nitrogen and oxygen atoms in total. The Morgan fingerprint density at radius 2 is 2.04 bits per heavy atom. The number of nitrogens with zero attached hydrogens (tertiary/aromatic N) is 2. The van der Waals surface area contributed by atoms with E-state index in [0.717, 1.165) is 6.07 Å². The monoisotopic (exact) mass is 341 g/mol. The van der Waals surface area contributed by atoms with Crippen molar-refractivity contribution in [3.63, 3.8) is 0 Å². The van der Waals surface area contributed by atoms with E-state index >= 15 is 0 Å². The van der Waals surface area contributed by atoms with Gasteiger partial charge in [-0.3, -0.25) is 4.79 Å². The van der Waals surface area contributed by atoms with Gasteiger partial charge in [-0.15, -0.1) is 0 Å². The highest BCUT2D eigenvalue weighted by atomic mass is 19.4. The lowest BCUT2D eigenvalue weighted by Crippen LogP contribution is -2.60. The first-order valence-electron chi connectivity index (χ1n) is 7.62. The fourth-order valence-electron chi connectivity index (χ4n) is 3.15. The maximum absolute atomic E-state index is 13.5. The average Bonchev–Trinajstić information content (AvgIpc) is 2.43. The number of hydrogen-bond acceptors (Lipinski definition) is 4. The predicted octanol–water partition coefficient (Wildman–Crippen LogP) is 2.14. The van der Waals surface area contributed by atoms with E-state index in [4.69, 9.17) is 0 Å². The molecule has 1 atom stereocenters. The molecule has 0 saturated carbocycles. The van der Waals surface area contributed by atoms with Crippen LogP contribution in [0.1, 0.15) is 31.4 Å². The smallest absolute Gasteiger partial charge is 0.386 e. The number of carbonyl (C=O) groups excluding carboxylic acids is 1. The van der Waals surface area contributed by atoms with E-state index in [-0.39, 0.29) is 37.0 Å². The Hall–Kier alpha value is -2.09. The molecule has 1 amide bonds. The minimum atomic E-state index is -4.52. The summed E-state index contributed by atoms with van der Waals surface area (Å²) in [6.07, 6.45) is -4.33. The molecule has 3 rings (SSSR count). The lowest BCUT2D eigenvalue weighted by atomic mass is 9.91. The molecule has 0 aliphatic carbocycles. The third-order valence-corrected chi connectivity index (χ3v) is 4.26. The van der Waals surface area contributed by atoms with Crippen LogP contribution in [-0.4, -0.2) is 35.4 Å². The van der Waals surface area contributed by atoms with Crippen molar-refractivity contribution in [2.75, 3.05) is 18.0 Å². The van der Waals surface area contributed by atoms with Gasteiger partial charge >= 0.3 is 6.18 Å². The molecule has 1 aromatic rings. The van der Waals surface area contributed by atoms with Gasteiger partial charge in [-0.25, -0.2) is 5.43 Å². The van der Waals surface area contributed by atoms with Crippen LogP contribution in [0.4, 0.5) is 18.9 Å². The van der Waals surface area contributed by atoms with E-state index in [0.29, 0.717) is 11.3 Å². The van der Waals surface area contributed by atoms with Crippen molar-refractivity contribution in [1.82, 2.24) is 5.43 Å². The van der Waals surface area contributed by atoms with Crippen molar-refractivity contribution >= 4 is 17.3 Å². The highest BCUT2D eigenvalue weighted by Gasteiger charge is 2.42. The molecular formula is C16H18F3N3O2. The van der Waals surface area contributed by atoms with Crippen LogP contribution in [0.2, 0.25) is 0 Å². The van der Waals surface area contributed by atoms with Gasteiger partial charge in [0.1, 0.15) is 0 Å². The molecule has 2 aliphatic heterocycles. The lowest BCUT2D eigenvalue weighted by Gasteiger charge is -2.46. The molecule has 2 N–H and O–H groups in total. The summed E-state index contributed by atoms with van der Waals surface area (Å²) in [5.74, 6) is -0.503. The van der Waals surface area contributed by atoms with Gasteiger partial charge in [-0.2, -0.15) is 18.3 Å². The summed E-state index contributed by atoms with van der Waals surface area (Å²) in [6.45, 7) is 3.66. The number of rotatable bonds is 2. The molecule has 2 aliphatic rings. The zero-order valence-electron chi connectivity index (χ0n) is 13.3. The van der Waals surface area contributed by atoms with Gasteiger partial charge in [0, 0.05) is 31.1 Å². The molecule has 0 radical (unpaired) electrons. The number of carbonyl (C=O) groups is 1. The van der Waals surface area contributed by atoms with Crippen LogP contribution in [0.3, 0.4) is 0 Å². The molecule has 8 heteroatoms. The van der Waals surface area contributed by atoms with Crippen molar-refractivity contribution < 1.29 is 23.1 Å². The second-order valence-electron chi connectivity index (χ2n) is 6.72. The van der Waals surface area contributed by atoms with Crippen molar-refractivity contribution in [1.29, 1.82) is 0 Å². The molecule has 1 aromatic carbocycles. The number of aliphatic hydroxyl groups is 1. The zero-order valence-corrected chi connectivity index (χ0v) is 13.3. The molecule has 130 valence electrons. The van der Waals surface area contributed by atoms with E-state index < -0.39 is 17.3 Å². The van der Waals surface area contributed by atoms with Gasteiger partial charge in [0.05, 0.1) is 16.9 Å². The maximum Gasteiger partial charge on any atom is 0.418 e. The fraction of sp³-hybridized carbons (Fsp3) is 0.500. The van der Waals surface area contributed by atoms with Crippen LogP contribution in [-0.2, 0) is 11.0 Å². The Labute approximate surface area is 137 Å². The summed E-state index contributed by atoms with van der Waals surface area (Å²) in [5.41, 5.74) is 1.41. The Bertz CT molecular complexity index is 705. The number of nitrogens with one attached hydrogen (secondary N) is 1. The molecule has 1 saturated heterocycles. The Balaban J connectivity index is 1.98. The van der Waals surface area contributed by atoms with E-state index in [9.17, 15) is 23.1 Å². The standard InChI is InChI=1S/C16H18F3N3O2/c1-9-5-13(23)20-21-14(9)10-3-4-12(11(6-10)16(17,18)19)22-7-15(2,24)8-22/h3-4,6,9,24H,5,7-8H2,1-2H3,(H,20,23)/t9-/m1/s1. The van der Waals surface area contributed by atoms with Crippen molar-refractivity contribution in [3.05, 3.63) is 29.3 Å². The summed E-state index contributed by atoms with van der Waals surface area (Å²) in [6, 6.07) is 4.04. The second-order valence-corrected chi connectivity index (χ2v) is 6.72. The van der Waals surface area contributed by atoms with E-state index in [1.54, 1.807) is 19.9 Å². The molecule has 1 fully saturated rings. The summed E-state index contributed by atoms with van der Waals surface area (Å²) in [5, 5.41) is 13.7. The number of β-amino-alcohol motifs (C(OH)–C–C–N with tert-alkyl or cyclic N) is 1. The first kappa shape index (κ1) is 16.8. The molecule has 0 aromatic heterocycles. The SMILES string of the molecule is C[C@@H]1CC(=O)NN=C1c1ccc(N2CC(C)(O)C2)c(C(F)(F)F)c1. The molecule has 2 heterocycles. The minimum absolute atomic E-state index is 0.0471. The first-order valence-corrected chi connectivity index (χ1v) is 7.62. The van der Waals surface area contributed by atoms with Gasteiger partial charge in [0.15, 0.2) is 0 Å². The molecule has 24 heavy (non-hydrogen) atoms. The normalized spacial score (nSPS) is 23.4. The van der Waals surface area contributed by atoms with Crippen LogP contribution in [0.25, 0.3) is 0 Å². The summed E-state index contributed by atoms with van der Waals surface area (Å²) < 4.78 is 40.4. The molecule has 0 spiro atoms. The summed E-state index contributed by atoms with van der Waals surface area (Å²) in [4.78, 5) is 12.8.